The summed E-state index contributed by atoms with van der Waals surface area (Å²) in [4.78, 5) is 0. The van der Waals surface area contributed by atoms with Crippen molar-refractivity contribution in [1.82, 2.24) is 16.0 Å². The van der Waals surface area contributed by atoms with Crippen LogP contribution in [0.15, 0.2) is 36.4 Å². The molecule has 2 atom stereocenters. The summed E-state index contributed by atoms with van der Waals surface area (Å²) < 4.78 is 0. The normalized spacial score (nSPS) is 13.1. The minimum atomic E-state index is -0.617. The second-order valence-corrected chi connectivity index (χ2v) is 8.47. The summed E-state index contributed by atoms with van der Waals surface area (Å²) in [5.74, 6) is -0.583. The Labute approximate surface area is 201 Å². The molecule has 9 nitrogen and oxygen atoms in total. The first-order valence-corrected chi connectivity index (χ1v) is 11.9. The number of aromatic hydroxyl groups is 4. The van der Waals surface area contributed by atoms with Crippen molar-refractivity contribution in [3.8, 4) is 23.0 Å². The molecule has 9 N–H and O–H groups in total. The topological polar surface area (TPSA) is 157 Å². The number of aliphatic hydroxyl groups excluding tert-OH is 2. The average molecular weight is 478 g/mol. The smallest absolute Gasteiger partial charge is 0.157 e. The summed E-state index contributed by atoms with van der Waals surface area (Å²) in [6.07, 6.45) is 3.84. The molecule has 0 aliphatic carbocycles. The molecule has 0 unspecified atom stereocenters. The van der Waals surface area contributed by atoms with Crippen LogP contribution in [0.4, 0.5) is 0 Å². The molecule has 2 aromatic carbocycles. The number of hydrogen-bond acceptors (Lipinski definition) is 9. The average Bonchev–Trinajstić information content (AvgIpc) is 2.81. The van der Waals surface area contributed by atoms with Gasteiger partial charge in [0.15, 0.2) is 23.0 Å². The highest BCUT2D eigenvalue weighted by atomic mass is 16.3. The molecule has 0 aromatic heterocycles. The zero-order valence-corrected chi connectivity index (χ0v) is 19.6. The Hall–Kier alpha value is -2.56. The molecule has 2 aromatic rings. The van der Waals surface area contributed by atoms with Crippen molar-refractivity contribution in [2.45, 2.75) is 57.4 Å². The quantitative estimate of drug-likeness (QED) is 0.0938. The molecule has 0 amide bonds. The first kappa shape index (κ1) is 27.7. The number of aliphatic hydroxyl groups is 2. The maximum absolute atomic E-state index is 10.0. The molecule has 190 valence electrons. The van der Waals surface area contributed by atoms with Gasteiger partial charge in [-0.2, -0.15) is 0 Å². The summed E-state index contributed by atoms with van der Waals surface area (Å²) in [5.41, 5.74) is 1.72. The number of benzene rings is 2. The monoisotopic (exact) mass is 477 g/mol. The maximum atomic E-state index is 10.0. The summed E-state index contributed by atoms with van der Waals surface area (Å²) >= 11 is 0. The van der Waals surface area contributed by atoms with Crippen LogP contribution in [0.1, 0.15) is 43.2 Å². The highest BCUT2D eigenvalue weighted by Gasteiger charge is 2.07. The van der Waals surface area contributed by atoms with Crippen LogP contribution in [-0.4, -0.2) is 69.3 Å². The van der Waals surface area contributed by atoms with E-state index in [0.717, 1.165) is 50.0 Å². The molecule has 34 heavy (non-hydrogen) atoms. The Morgan fingerprint density at radius 3 is 1.50 bits per heavy atom. The molecule has 0 heterocycles. The summed E-state index contributed by atoms with van der Waals surface area (Å²) in [6.45, 7) is 3.15. The van der Waals surface area contributed by atoms with Gasteiger partial charge in [-0.1, -0.05) is 12.1 Å². The lowest BCUT2D eigenvalue weighted by Gasteiger charge is -2.14. The summed E-state index contributed by atoms with van der Waals surface area (Å²) in [6, 6.07) is 9.37. The molecule has 0 radical (unpaired) electrons. The fourth-order valence-corrected chi connectivity index (χ4v) is 3.51. The van der Waals surface area contributed by atoms with Gasteiger partial charge in [-0.15, -0.1) is 0 Å². The van der Waals surface area contributed by atoms with Crippen molar-refractivity contribution in [3.05, 3.63) is 47.5 Å². The van der Waals surface area contributed by atoms with Crippen molar-refractivity contribution < 1.29 is 30.6 Å². The largest absolute Gasteiger partial charge is 0.504 e. The standard InChI is InChI=1S/C25H39N3O6/c29-20-8-4-18(16-22(20)31)6-10-24(33)27-14-2-1-12-26-13-3-15-28-25(34)11-7-19-5-9-21(30)23(32)17-19/h4-5,8-9,16-17,24-34H,1-3,6-7,10-15H2/t24-,25-/m0/s1. The highest BCUT2D eigenvalue weighted by Crippen LogP contribution is 2.26. The minimum Gasteiger partial charge on any atom is -0.504 e. The number of aryl methyl sites for hydroxylation is 2. The number of phenols is 4. The molecule has 0 spiro atoms. The molecular weight excluding hydrogens is 438 g/mol. The number of hydrogen-bond donors (Lipinski definition) is 9. The van der Waals surface area contributed by atoms with E-state index >= 15 is 0 Å². The number of unbranched alkanes of at least 4 members (excludes halogenated alkanes) is 1. The van der Waals surface area contributed by atoms with Crippen molar-refractivity contribution in [1.29, 1.82) is 0 Å². The van der Waals surface area contributed by atoms with Gasteiger partial charge in [0.1, 0.15) is 12.5 Å². The van der Waals surface area contributed by atoms with Gasteiger partial charge in [0.05, 0.1) is 0 Å². The van der Waals surface area contributed by atoms with Gasteiger partial charge in [0.25, 0.3) is 0 Å². The van der Waals surface area contributed by atoms with Crippen LogP contribution in [0.2, 0.25) is 0 Å². The summed E-state index contributed by atoms with van der Waals surface area (Å²) in [5, 5.41) is 67.2. The third-order valence-corrected chi connectivity index (χ3v) is 5.56. The van der Waals surface area contributed by atoms with Crippen LogP contribution in [0.5, 0.6) is 23.0 Å². The molecule has 0 aliphatic rings. The van der Waals surface area contributed by atoms with Gasteiger partial charge in [0.2, 0.25) is 0 Å². The van der Waals surface area contributed by atoms with E-state index in [2.05, 4.69) is 16.0 Å². The van der Waals surface area contributed by atoms with Crippen molar-refractivity contribution in [2.24, 2.45) is 0 Å². The van der Waals surface area contributed by atoms with E-state index in [1.807, 2.05) is 0 Å². The number of phenolic OH excluding ortho intramolecular Hbond substituents is 4. The van der Waals surface area contributed by atoms with Crippen LogP contribution < -0.4 is 16.0 Å². The van der Waals surface area contributed by atoms with E-state index in [0.29, 0.717) is 32.2 Å². The van der Waals surface area contributed by atoms with E-state index in [1.54, 1.807) is 12.1 Å². The lowest BCUT2D eigenvalue weighted by molar-refractivity contribution is 0.127. The fourth-order valence-electron chi connectivity index (χ4n) is 3.51. The van der Waals surface area contributed by atoms with Crippen LogP contribution >= 0.6 is 0 Å². The third-order valence-electron chi connectivity index (χ3n) is 5.56. The van der Waals surface area contributed by atoms with E-state index in [-0.39, 0.29) is 23.0 Å². The maximum Gasteiger partial charge on any atom is 0.157 e. The molecular formula is C25H39N3O6. The molecule has 0 bridgehead atoms. The molecule has 0 fully saturated rings. The van der Waals surface area contributed by atoms with E-state index in [1.165, 1.54) is 24.3 Å². The Kier molecular flexibility index (Phi) is 12.5. The van der Waals surface area contributed by atoms with Crippen molar-refractivity contribution in [2.75, 3.05) is 26.2 Å². The van der Waals surface area contributed by atoms with E-state index in [4.69, 9.17) is 0 Å². The SMILES string of the molecule is Oc1ccc(CC[C@H](O)NCCCCNCCCN[C@@H](O)CCc2ccc(O)c(O)c2)cc1O. The summed E-state index contributed by atoms with van der Waals surface area (Å²) in [7, 11) is 0. The molecule has 0 saturated heterocycles. The fraction of sp³-hybridized carbons (Fsp3) is 0.520. The Morgan fingerprint density at radius 2 is 1.00 bits per heavy atom. The molecule has 0 saturated carbocycles. The minimum absolute atomic E-state index is 0.144. The Balaban J connectivity index is 1.39. The van der Waals surface area contributed by atoms with Gasteiger partial charge in [-0.05, 0) is 107 Å². The number of rotatable bonds is 17. The van der Waals surface area contributed by atoms with Crippen molar-refractivity contribution in [3.63, 3.8) is 0 Å². The predicted molar refractivity (Wildman–Crippen MR) is 131 cm³/mol. The van der Waals surface area contributed by atoms with Crippen LogP contribution in [0.3, 0.4) is 0 Å². The van der Waals surface area contributed by atoms with Gasteiger partial charge >= 0.3 is 0 Å². The van der Waals surface area contributed by atoms with Gasteiger partial charge in [-0.25, -0.2) is 0 Å². The highest BCUT2D eigenvalue weighted by molar-refractivity contribution is 5.41. The van der Waals surface area contributed by atoms with Crippen molar-refractivity contribution >= 4 is 0 Å². The van der Waals surface area contributed by atoms with Gasteiger partial charge < -0.3 is 36.0 Å². The van der Waals surface area contributed by atoms with Crippen LogP contribution in [-0.2, 0) is 12.8 Å². The second-order valence-electron chi connectivity index (χ2n) is 8.47. The van der Waals surface area contributed by atoms with Crippen LogP contribution in [0.25, 0.3) is 0 Å². The lowest BCUT2D eigenvalue weighted by Crippen LogP contribution is -2.32. The zero-order valence-electron chi connectivity index (χ0n) is 19.6. The predicted octanol–water partition coefficient (Wildman–Crippen LogP) is 1.65. The van der Waals surface area contributed by atoms with Gasteiger partial charge in [0, 0.05) is 0 Å². The second kappa shape index (κ2) is 15.4. The zero-order chi connectivity index (χ0) is 24.8. The first-order chi connectivity index (χ1) is 16.3. The lowest BCUT2D eigenvalue weighted by atomic mass is 10.1. The van der Waals surface area contributed by atoms with E-state index < -0.39 is 12.5 Å². The van der Waals surface area contributed by atoms with Crippen LogP contribution in [0, 0.1) is 0 Å². The van der Waals surface area contributed by atoms with Gasteiger partial charge in [-0.3, -0.25) is 10.6 Å². The third kappa shape index (κ3) is 11.0. The number of nitrogens with one attached hydrogen (secondary N) is 3. The first-order valence-electron chi connectivity index (χ1n) is 11.9. The Morgan fingerprint density at radius 1 is 0.559 bits per heavy atom. The molecule has 0 aliphatic heterocycles. The molecule has 9 heteroatoms. The molecule has 2 rings (SSSR count). The Bertz CT molecular complexity index is 782. The van der Waals surface area contributed by atoms with E-state index in [9.17, 15) is 30.6 Å².